The van der Waals surface area contributed by atoms with Gasteiger partial charge in [0.25, 0.3) is 0 Å². The van der Waals surface area contributed by atoms with E-state index in [9.17, 15) is 4.79 Å². The maximum atomic E-state index is 12.3. The molecule has 2 aliphatic heterocycles. The lowest BCUT2D eigenvalue weighted by Crippen LogP contribution is -2.46. The van der Waals surface area contributed by atoms with Gasteiger partial charge >= 0.3 is 0 Å². The zero-order valence-corrected chi connectivity index (χ0v) is 13.8. The van der Waals surface area contributed by atoms with Crippen LogP contribution < -0.4 is 5.32 Å². The van der Waals surface area contributed by atoms with Crippen molar-refractivity contribution >= 4 is 22.8 Å². The Morgan fingerprint density at radius 2 is 2.05 bits per heavy atom. The molecule has 1 unspecified atom stereocenters. The molecule has 4 nitrogen and oxygen atoms in total. The summed E-state index contributed by atoms with van der Waals surface area (Å²) in [6, 6.07) is -0.157. The van der Waals surface area contributed by atoms with Gasteiger partial charge in [0.1, 0.15) is 6.04 Å². The molecule has 2 aliphatic rings. The SMILES string of the molecule is CCC1(CC)CN=C(NC(C)C(=O)N2CCCC2)SC1. The molecule has 20 heavy (non-hydrogen) atoms. The number of aliphatic imine (C=N–C) groups is 1. The molecule has 2 rings (SSSR count). The Labute approximate surface area is 126 Å². The van der Waals surface area contributed by atoms with Crippen molar-refractivity contribution in [3.63, 3.8) is 0 Å². The minimum Gasteiger partial charge on any atom is -0.353 e. The maximum absolute atomic E-state index is 12.3. The minimum absolute atomic E-state index is 0.157. The first-order valence-corrected chi connectivity index (χ1v) is 8.81. The number of rotatable bonds is 4. The third-order valence-corrected chi connectivity index (χ3v) is 5.98. The standard InChI is InChI=1S/C15H27N3OS/c1-4-15(5-2)10-16-14(20-11-15)17-12(3)13(19)18-8-6-7-9-18/h12H,4-11H2,1-3H3,(H,16,17). The summed E-state index contributed by atoms with van der Waals surface area (Å²) in [5.74, 6) is 1.32. The van der Waals surface area contributed by atoms with Gasteiger partial charge in [-0.25, -0.2) is 0 Å². The number of hydrogen-bond donors (Lipinski definition) is 1. The fourth-order valence-electron chi connectivity index (χ4n) is 2.78. The number of amidine groups is 1. The van der Waals surface area contributed by atoms with Crippen LogP contribution in [0.2, 0.25) is 0 Å². The maximum Gasteiger partial charge on any atom is 0.244 e. The average molecular weight is 297 g/mol. The Hall–Kier alpha value is -0.710. The molecule has 0 bridgehead atoms. The van der Waals surface area contributed by atoms with E-state index in [1.165, 1.54) is 12.8 Å². The molecule has 0 aromatic carbocycles. The summed E-state index contributed by atoms with van der Waals surface area (Å²) in [6.45, 7) is 9.17. The zero-order chi connectivity index (χ0) is 14.6. The first kappa shape index (κ1) is 15.7. The van der Waals surface area contributed by atoms with Gasteiger partial charge in [0.2, 0.25) is 5.91 Å². The summed E-state index contributed by atoms with van der Waals surface area (Å²) in [6.07, 6.45) is 4.64. The molecule has 1 saturated heterocycles. The number of nitrogens with zero attached hydrogens (tertiary/aromatic N) is 2. The van der Waals surface area contributed by atoms with Crippen LogP contribution in [0.5, 0.6) is 0 Å². The third kappa shape index (κ3) is 3.48. The Morgan fingerprint density at radius 3 is 2.55 bits per heavy atom. The molecular weight excluding hydrogens is 270 g/mol. The Morgan fingerprint density at radius 1 is 1.40 bits per heavy atom. The first-order valence-electron chi connectivity index (χ1n) is 7.83. The lowest BCUT2D eigenvalue weighted by Gasteiger charge is -2.34. The van der Waals surface area contributed by atoms with E-state index in [0.29, 0.717) is 5.41 Å². The van der Waals surface area contributed by atoms with Gasteiger partial charge in [-0.2, -0.15) is 0 Å². The van der Waals surface area contributed by atoms with E-state index in [2.05, 4.69) is 24.2 Å². The van der Waals surface area contributed by atoms with Gasteiger partial charge in [-0.15, -0.1) is 0 Å². The molecule has 5 heteroatoms. The molecule has 1 fully saturated rings. The van der Waals surface area contributed by atoms with Crippen LogP contribution in [0.3, 0.4) is 0 Å². The highest BCUT2D eigenvalue weighted by Crippen LogP contribution is 2.34. The molecule has 0 radical (unpaired) electrons. The van der Waals surface area contributed by atoms with E-state index in [0.717, 1.165) is 43.4 Å². The molecule has 2 heterocycles. The van der Waals surface area contributed by atoms with Crippen molar-refractivity contribution in [2.24, 2.45) is 10.4 Å². The van der Waals surface area contributed by atoms with E-state index in [1.54, 1.807) is 11.8 Å². The first-order chi connectivity index (χ1) is 9.60. The van der Waals surface area contributed by atoms with Crippen molar-refractivity contribution in [2.75, 3.05) is 25.4 Å². The molecule has 0 aromatic rings. The summed E-state index contributed by atoms with van der Waals surface area (Å²) in [7, 11) is 0. The number of amides is 1. The van der Waals surface area contributed by atoms with Gasteiger partial charge in [-0.1, -0.05) is 25.6 Å². The molecule has 0 spiro atoms. The highest BCUT2D eigenvalue weighted by molar-refractivity contribution is 8.13. The summed E-state index contributed by atoms with van der Waals surface area (Å²) < 4.78 is 0. The normalized spacial score (nSPS) is 23.4. The predicted molar refractivity (Wildman–Crippen MR) is 86.2 cm³/mol. The molecule has 1 amide bonds. The van der Waals surface area contributed by atoms with E-state index in [1.807, 2.05) is 11.8 Å². The van der Waals surface area contributed by atoms with Crippen molar-refractivity contribution in [1.29, 1.82) is 0 Å². The highest BCUT2D eigenvalue weighted by Gasteiger charge is 2.31. The monoisotopic (exact) mass is 297 g/mol. The van der Waals surface area contributed by atoms with Crippen molar-refractivity contribution in [2.45, 2.75) is 52.5 Å². The van der Waals surface area contributed by atoms with Gasteiger partial charge in [0.15, 0.2) is 5.17 Å². The Bertz CT molecular complexity index is 373. The second-order valence-corrected chi connectivity index (χ2v) is 6.98. The number of nitrogens with one attached hydrogen (secondary N) is 1. The van der Waals surface area contributed by atoms with Crippen LogP contribution >= 0.6 is 11.8 Å². The van der Waals surface area contributed by atoms with E-state index in [4.69, 9.17) is 0 Å². The van der Waals surface area contributed by atoms with Gasteiger partial charge in [0, 0.05) is 25.4 Å². The predicted octanol–water partition coefficient (Wildman–Crippen LogP) is 2.50. The quantitative estimate of drug-likeness (QED) is 0.867. The lowest BCUT2D eigenvalue weighted by molar-refractivity contribution is -0.131. The number of carbonyl (C=O) groups excluding carboxylic acids is 1. The fraction of sp³-hybridized carbons (Fsp3) is 0.867. The van der Waals surface area contributed by atoms with Gasteiger partial charge < -0.3 is 10.2 Å². The van der Waals surface area contributed by atoms with Crippen LogP contribution in [-0.2, 0) is 4.79 Å². The summed E-state index contributed by atoms with van der Waals surface area (Å²) in [4.78, 5) is 18.9. The van der Waals surface area contributed by atoms with Crippen LogP contribution in [-0.4, -0.2) is 47.4 Å². The average Bonchev–Trinajstić information content (AvgIpc) is 3.01. The van der Waals surface area contributed by atoms with Gasteiger partial charge in [-0.05, 0) is 38.0 Å². The molecule has 114 valence electrons. The molecule has 1 N–H and O–H groups in total. The van der Waals surface area contributed by atoms with Crippen molar-refractivity contribution in [3.05, 3.63) is 0 Å². The second-order valence-electron chi connectivity index (χ2n) is 6.02. The lowest BCUT2D eigenvalue weighted by atomic mass is 9.84. The van der Waals surface area contributed by atoms with Crippen LogP contribution in [0, 0.1) is 5.41 Å². The zero-order valence-electron chi connectivity index (χ0n) is 12.9. The van der Waals surface area contributed by atoms with Crippen LogP contribution in [0.15, 0.2) is 4.99 Å². The molecule has 0 saturated carbocycles. The summed E-state index contributed by atoms with van der Waals surface area (Å²) >= 11 is 1.78. The summed E-state index contributed by atoms with van der Waals surface area (Å²) in [5, 5.41) is 4.25. The summed E-state index contributed by atoms with van der Waals surface area (Å²) in [5.41, 5.74) is 0.359. The van der Waals surface area contributed by atoms with E-state index in [-0.39, 0.29) is 11.9 Å². The van der Waals surface area contributed by atoms with Crippen LogP contribution in [0.4, 0.5) is 0 Å². The molecule has 1 atom stereocenters. The highest BCUT2D eigenvalue weighted by atomic mass is 32.2. The van der Waals surface area contributed by atoms with Crippen molar-refractivity contribution in [3.8, 4) is 0 Å². The fourth-order valence-corrected chi connectivity index (χ4v) is 4.13. The number of thioether (sulfide) groups is 1. The number of likely N-dealkylation sites (tertiary alicyclic amines) is 1. The number of hydrogen-bond acceptors (Lipinski definition) is 4. The topological polar surface area (TPSA) is 44.7 Å². The van der Waals surface area contributed by atoms with Crippen molar-refractivity contribution < 1.29 is 4.79 Å². The number of carbonyl (C=O) groups is 1. The van der Waals surface area contributed by atoms with Gasteiger partial charge in [-0.3, -0.25) is 9.79 Å². The van der Waals surface area contributed by atoms with Gasteiger partial charge in [0.05, 0.1) is 0 Å². The van der Waals surface area contributed by atoms with E-state index >= 15 is 0 Å². The Balaban J connectivity index is 1.87. The third-order valence-electron chi connectivity index (χ3n) is 4.70. The molecule has 0 aliphatic carbocycles. The smallest absolute Gasteiger partial charge is 0.244 e. The largest absolute Gasteiger partial charge is 0.353 e. The van der Waals surface area contributed by atoms with Crippen LogP contribution in [0.25, 0.3) is 0 Å². The van der Waals surface area contributed by atoms with Crippen LogP contribution in [0.1, 0.15) is 46.5 Å². The minimum atomic E-state index is -0.157. The Kier molecular flexibility index (Phi) is 5.35. The molecule has 0 aromatic heterocycles. The van der Waals surface area contributed by atoms with Crippen molar-refractivity contribution in [1.82, 2.24) is 10.2 Å². The molecular formula is C15H27N3OS. The van der Waals surface area contributed by atoms with E-state index < -0.39 is 0 Å². The second kappa shape index (κ2) is 6.83.